The normalized spacial score (nSPS) is 16.0. The summed E-state index contributed by atoms with van der Waals surface area (Å²) in [5.41, 5.74) is 0.951. The molecule has 7 heteroatoms. The monoisotopic (exact) mass is 342 g/mol. The van der Waals surface area contributed by atoms with Crippen molar-refractivity contribution in [1.82, 2.24) is 14.9 Å². The molecule has 1 atom stereocenters. The Labute approximate surface area is 145 Å². The molecule has 0 bridgehead atoms. The van der Waals surface area contributed by atoms with Crippen LogP contribution in [0.1, 0.15) is 24.8 Å². The first-order chi connectivity index (χ1) is 12.1. The lowest BCUT2D eigenvalue weighted by molar-refractivity contribution is -0.138. The van der Waals surface area contributed by atoms with Crippen molar-refractivity contribution in [3.8, 4) is 0 Å². The largest absolute Gasteiger partial charge is 0.331 e. The zero-order chi connectivity index (χ0) is 17.8. The molecule has 1 unspecified atom stereocenters. The van der Waals surface area contributed by atoms with Gasteiger partial charge < -0.3 is 4.90 Å². The van der Waals surface area contributed by atoms with Crippen LogP contribution in [0.4, 0.5) is 10.3 Å². The molecular formula is C18H19FN4O2. The second-order valence-corrected chi connectivity index (χ2v) is 5.88. The first kappa shape index (κ1) is 17.0. The molecular weight excluding hydrogens is 323 g/mol. The Morgan fingerprint density at radius 1 is 1.20 bits per heavy atom. The van der Waals surface area contributed by atoms with E-state index in [2.05, 4.69) is 9.97 Å². The van der Waals surface area contributed by atoms with Crippen LogP contribution in [0.3, 0.4) is 0 Å². The number of anilines is 1. The van der Waals surface area contributed by atoms with E-state index >= 15 is 0 Å². The summed E-state index contributed by atoms with van der Waals surface area (Å²) >= 11 is 0. The van der Waals surface area contributed by atoms with Gasteiger partial charge in [0.15, 0.2) is 5.82 Å². The van der Waals surface area contributed by atoms with Gasteiger partial charge in [0, 0.05) is 13.1 Å². The van der Waals surface area contributed by atoms with E-state index in [1.54, 1.807) is 4.90 Å². The van der Waals surface area contributed by atoms with E-state index in [1.165, 1.54) is 4.90 Å². The smallest absolute Gasteiger partial charge is 0.249 e. The first-order valence-electron chi connectivity index (χ1n) is 8.21. The van der Waals surface area contributed by atoms with Crippen LogP contribution in [0.25, 0.3) is 0 Å². The van der Waals surface area contributed by atoms with Crippen LogP contribution >= 0.6 is 0 Å². The van der Waals surface area contributed by atoms with Crippen molar-refractivity contribution in [2.75, 3.05) is 24.5 Å². The van der Waals surface area contributed by atoms with E-state index in [-0.39, 0.29) is 30.2 Å². The van der Waals surface area contributed by atoms with Crippen molar-refractivity contribution >= 4 is 17.8 Å². The number of hydrogen-bond acceptors (Lipinski definition) is 4. The Morgan fingerprint density at radius 3 is 2.48 bits per heavy atom. The molecule has 3 rings (SSSR count). The molecule has 1 saturated heterocycles. The van der Waals surface area contributed by atoms with Gasteiger partial charge >= 0.3 is 0 Å². The van der Waals surface area contributed by atoms with Gasteiger partial charge in [-0.25, -0.2) is 14.4 Å². The highest BCUT2D eigenvalue weighted by molar-refractivity contribution is 5.97. The van der Waals surface area contributed by atoms with Gasteiger partial charge in [0.1, 0.15) is 6.54 Å². The van der Waals surface area contributed by atoms with Gasteiger partial charge in [0.05, 0.1) is 18.3 Å². The van der Waals surface area contributed by atoms with Crippen molar-refractivity contribution in [2.24, 2.45) is 0 Å². The number of aromatic nitrogens is 2. The van der Waals surface area contributed by atoms with Crippen LogP contribution < -0.4 is 4.90 Å². The quantitative estimate of drug-likeness (QED) is 0.852. The maximum atomic E-state index is 12.9. The predicted molar refractivity (Wildman–Crippen MR) is 90.4 cm³/mol. The number of carbonyl (C=O) groups is 2. The predicted octanol–water partition coefficient (Wildman–Crippen LogP) is 1.98. The van der Waals surface area contributed by atoms with Crippen molar-refractivity contribution in [3.05, 3.63) is 54.1 Å². The average molecular weight is 342 g/mol. The zero-order valence-corrected chi connectivity index (χ0v) is 13.9. The Kier molecular flexibility index (Phi) is 5.02. The summed E-state index contributed by atoms with van der Waals surface area (Å²) in [5, 5.41) is 0. The summed E-state index contributed by atoms with van der Waals surface area (Å²) in [6.07, 6.45) is 2.71. The second-order valence-electron chi connectivity index (χ2n) is 5.88. The fourth-order valence-electron chi connectivity index (χ4n) is 2.98. The van der Waals surface area contributed by atoms with Crippen LogP contribution in [0.2, 0.25) is 0 Å². The number of nitrogens with zero attached hydrogens (tertiary/aromatic N) is 4. The Balaban J connectivity index is 1.70. The van der Waals surface area contributed by atoms with E-state index in [0.717, 1.165) is 18.0 Å². The Bertz CT molecular complexity index is 751. The molecule has 6 nitrogen and oxygen atoms in total. The third-order valence-electron chi connectivity index (χ3n) is 4.29. The lowest BCUT2D eigenvalue weighted by Gasteiger charge is -2.34. The Morgan fingerprint density at radius 2 is 1.88 bits per heavy atom. The molecule has 0 saturated carbocycles. The Hall–Kier alpha value is -2.83. The minimum Gasteiger partial charge on any atom is -0.331 e. The zero-order valence-electron chi connectivity index (χ0n) is 13.9. The van der Waals surface area contributed by atoms with Gasteiger partial charge in [-0.1, -0.05) is 37.3 Å². The molecule has 1 aliphatic rings. The molecule has 2 aromatic rings. The van der Waals surface area contributed by atoms with Crippen molar-refractivity contribution in [2.45, 2.75) is 19.3 Å². The third kappa shape index (κ3) is 3.65. The third-order valence-corrected chi connectivity index (χ3v) is 4.29. The lowest BCUT2D eigenvalue weighted by atomic mass is 9.95. The van der Waals surface area contributed by atoms with Crippen molar-refractivity contribution in [1.29, 1.82) is 0 Å². The van der Waals surface area contributed by atoms with Crippen LogP contribution in [-0.4, -0.2) is 46.3 Å². The van der Waals surface area contributed by atoms with Gasteiger partial charge in [0.2, 0.25) is 17.8 Å². The molecule has 1 aromatic carbocycles. The summed E-state index contributed by atoms with van der Waals surface area (Å²) in [4.78, 5) is 35.9. The summed E-state index contributed by atoms with van der Waals surface area (Å²) < 4.78 is 12.9. The highest BCUT2D eigenvalue weighted by Crippen LogP contribution is 2.23. The summed E-state index contributed by atoms with van der Waals surface area (Å²) in [5.74, 6) is -0.981. The fourth-order valence-corrected chi connectivity index (χ4v) is 2.98. The topological polar surface area (TPSA) is 66.4 Å². The van der Waals surface area contributed by atoms with Gasteiger partial charge in [-0.05, 0) is 12.0 Å². The van der Waals surface area contributed by atoms with E-state index in [9.17, 15) is 14.0 Å². The molecule has 0 radical (unpaired) electrons. The number of benzene rings is 1. The highest BCUT2D eigenvalue weighted by Gasteiger charge is 2.32. The lowest BCUT2D eigenvalue weighted by Crippen LogP contribution is -2.53. The van der Waals surface area contributed by atoms with Crippen LogP contribution in [0.15, 0.2) is 42.7 Å². The molecule has 130 valence electrons. The van der Waals surface area contributed by atoms with Gasteiger partial charge in [-0.2, -0.15) is 0 Å². The number of piperazine rings is 1. The molecule has 2 heterocycles. The van der Waals surface area contributed by atoms with Crippen LogP contribution in [-0.2, 0) is 9.59 Å². The molecule has 0 N–H and O–H groups in total. The molecule has 1 aromatic heterocycles. The van der Waals surface area contributed by atoms with Crippen LogP contribution in [0, 0.1) is 5.82 Å². The number of carbonyl (C=O) groups excluding carboxylic acids is 2. The minimum absolute atomic E-state index is 0.0249. The highest BCUT2D eigenvalue weighted by atomic mass is 19.1. The standard InChI is InChI=1S/C18H19FN4O2/c1-2-15(13-6-4-3-5-7-13)17(25)22-8-9-23(16(24)12-22)18-20-10-14(19)11-21-18/h3-7,10-11,15H,2,8-9,12H2,1H3. The molecule has 0 aliphatic carbocycles. The SMILES string of the molecule is CCC(C(=O)N1CCN(c2ncc(F)cn2)C(=O)C1)c1ccccc1. The molecule has 1 aliphatic heterocycles. The summed E-state index contributed by atoms with van der Waals surface area (Å²) in [6.45, 7) is 2.62. The van der Waals surface area contributed by atoms with E-state index in [4.69, 9.17) is 0 Å². The van der Waals surface area contributed by atoms with Gasteiger partial charge in [-0.3, -0.25) is 14.5 Å². The summed E-state index contributed by atoms with van der Waals surface area (Å²) in [6, 6.07) is 9.57. The maximum Gasteiger partial charge on any atom is 0.249 e. The average Bonchev–Trinajstić information content (AvgIpc) is 2.64. The van der Waals surface area contributed by atoms with E-state index in [0.29, 0.717) is 19.5 Å². The van der Waals surface area contributed by atoms with Crippen molar-refractivity contribution in [3.63, 3.8) is 0 Å². The van der Waals surface area contributed by atoms with Crippen molar-refractivity contribution < 1.29 is 14.0 Å². The molecule has 2 amide bonds. The number of hydrogen-bond donors (Lipinski definition) is 0. The second kappa shape index (κ2) is 7.38. The van der Waals surface area contributed by atoms with Gasteiger partial charge in [0.25, 0.3) is 0 Å². The number of halogens is 1. The van der Waals surface area contributed by atoms with E-state index in [1.807, 2.05) is 37.3 Å². The number of rotatable bonds is 4. The van der Waals surface area contributed by atoms with Crippen LogP contribution in [0.5, 0.6) is 0 Å². The maximum absolute atomic E-state index is 12.9. The van der Waals surface area contributed by atoms with E-state index < -0.39 is 5.82 Å². The minimum atomic E-state index is -0.557. The molecule has 1 fully saturated rings. The fraction of sp³-hybridized carbons (Fsp3) is 0.333. The number of amides is 2. The summed E-state index contributed by atoms with van der Waals surface area (Å²) in [7, 11) is 0. The molecule has 25 heavy (non-hydrogen) atoms. The molecule has 0 spiro atoms. The first-order valence-corrected chi connectivity index (χ1v) is 8.21. The van der Waals surface area contributed by atoms with Gasteiger partial charge in [-0.15, -0.1) is 0 Å².